The van der Waals surface area contributed by atoms with Gasteiger partial charge >= 0.3 is 0 Å². The van der Waals surface area contributed by atoms with Crippen molar-refractivity contribution in [1.82, 2.24) is 15.1 Å². The molecule has 154 valence electrons. The lowest BCUT2D eigenvalue weighted by Gasteiger charge is -2.33. The molecule has 1 aromatic carbocycles. The summed E-state index contributed by atoms with van der Waals surface area (Å²) in [5, 5.41) is 19.5. The Morgan fingerprint density at radius 3 is 2.66 bits per heavy atom. The summed E-state index contributed by atoms with van der Waals surface area (Å²) in [6.07, 6.45) is 1.98. The molecule has 0 aliphatic carbocycles. The van der Waals surface area contributed by atoms with Crippen LogP contribution in [0.15, 0.2) is 24.3 Å². The molecule has 2 aromatic rings. The van der Waals surface area contributed by atoms with Gasteiger partial charge in [-0.05, 0) is 36.5 Å². The van der Waals surface area contributed by atoms with E-state index in [9.17, 15) is 14.7 Å². The second kappa shape index (κ2) is 8.10. The van der Waals surface area contributed by atoms with Gasteiger partial charge in [0, 0.05) is 32.0 Å². The molecular formula is C21H26N4O3S. The predicted molar refractivity (Wildman–Crippen MR) is 111 cm³/mol. The van der Waals surface area contributed by atoms with Crippen LogP contribution in [0.1, 0.15) is 55.5 Å². The molecule has 2 saturated heterocycles. The minimum absolute atomic E-state index is 0.0514. The van der Waals surface area contributed by atoms with E-state index in [1.165, 1.54) is 11.3 Å². The average Bonchev–Trinajstić information content (AvgIpc) is 3.34. The number of carbonyl (C=O) groups excluding carboxylic acids is 2. The van der Waals surface area contributed by atoms with Gasteiger partial charge in [-0.25, -0.2) is 0 Å². The van der Waals surface area contributed by atoms with Crippen molar-refractivity contribution in [3.63, 3.8) is 0 Å². The van der Waals surface area contributed by atoms with Crippen molar-refractivity contribution >= 4 is 28.3 Å². The van der Waals surface area contributed by atoms with Crippen molar-refractivity contribution in [2.24, 2.45) is 5.92 Å². The van der Waals surface area contributed by atoms with Gasteiger partial charge in [0.1, 0.15) is 10.8 Å². The Hall–Kier alpha value is -2.48. The second-order valence-electron chi connectivity index (χ2n) is 8.18. The van der Waals surface area contributed by atoms with Crippen molar-refractivity contribution in [1.29, 1.82) is 0 Å². The zero-order valence-electron chi connectivity index (χ0n) is 16.7. The zero-order valence-corrected chi connectivity index (χ0v) is 17.6. The maximum atomic E-state index is 13.0. The topological polar surface area (TPSA) is 86.6 Å². The number of hydrogen-bond acceptors (Lipinski definition) is 6. The first kappa shape index (κ1) is 19.8. The summed E-state index contributed by atoms with van der Waals surface area (Å²) in [5.74, 6) is 0.593. The molecule has 3 heterocycles. The lowest BCUT2D eigenvalue weighted by atomic mass is 9.89. The van der Waals surface area contributed by atoms with Crippen LogP contribution in [0.4, 0.5) is 5.13 Å². The molecule has 1 unspecified atom stereocenters. The molecule has 2 aliphatic rings. The number of rotatable bonds is 4. The predicted octanol–water partition coefficient (Wildman–Crippen LogP) is 3.13. The standard InChI is InChI=1S/C21H26N4O3S/c1-13(2)19-22-23-21(29-19)25-12-16(11-18(25)27)20(28)24-8-6-14(7-9-24)15-4-3-5-17(26)10-15/h3-5,10,13-14,16,26H,6-9,11-12H2,1-2H3. The Balaban J connectivity index is 1.36. The molecule has 0 spiro atoms. The Labute approximate surface area is 174 Å². The van der Waals surface area contributed by atoms with Gasteiger partial charge in [0.25, 0.3) is 0 Å². The molecule has 2 fully saturated rings. The molecule has 8 heteroatoms. The number of nitrogens with zero attached hydrogens (tertiary/aromatic N) is 4. The summed E-state index contributed by atoms with van der Waals surface area (Å²) in [5.41, 5.74) is 1.12. The van der Waals surface area contributed by atoms with Crippen molar-refractivity contribution in [3.05, 3.63) is 34.8 Å². The number of anilines is 1. The van der Waals surface area contributed by atoms with Crippen molar-refractivity contribution in [2.75, 3.05) is 24.5 Å². The summed E-state index contributed by atoms with van der Waals surface area (Å²) in [6, 6.07) is 7.37. The quantitative estimate of drug-likeness (QED) is 0.831. The lowest BCUT2D eigenvalue weighted by Crippen LogP contribution is -2.42. The number of aromatic nitrogens is 2. The SMILES string of the molecule is CC(C)c1nnc(N2CC(C(=O)N3CCC(c4cccc(O)c4)CC3)CC2=O)s1. The zero-order chi connectivity index (χ0) is 20.5. The maximum absolute atomic E-state index is 13.0. The van der Waals surface area contributed by atoms with Crippen molar-refractivity contribution in [3.8, 4) is 5.75 Å². The fourth-order valence-electron chi connectivity index (χ4n) is 4.10. The van der Waals surface area contributed by atoms with E-state index in [0.717, 1.165) is 23.4 Å². The highest BCUT2D eigenvalue weighted by molar-refractivity contribution is 7.15. The van der Waals surface area contributed by atoms with E-state index in [-0.39, 0.29) is 35.8 Å². The van der Waals surface area contributed by atoms with E-state index in [1.807, 2.05) is 36.9 Å². The minimum Gasteiger partial charge on any atom is -0.508 e. The van der Waals surface area contributed by atoms with Crippen LogP contribution in [0.5, 0.6) is 5.75 Å². The van der Waals surface area contributed by atoms with E-state index in [1.54, 1.807) is 11.0 Å². The fourth-order valence-corrected chi connectivity index (χ4v) is 4.97. The van der Waals surface area contributed by atoms with Crippen LogP contribution in [-0.4, -0.2) is 51.7 Å². The largest absolute Gasteiger partial charge is 0.508 e. The summed E-state index contributed by atoms with van der Waals surface area (Å²) in [4.78, 5) is 29.0. The van der Waals surface area contributed by atoms with Gasteiger partial charge < -0.3 is 10.0 Å². The van der Waals surface area contributed by atoms with Gasteiger partial charge in [0.15, 0.2) is 0 Å². The number of likely N-dealkylation sites (tertiary alicyclic amines) is 1. The molecule has 7 nitrogen and oxygen atoms in total. The monoisotopic (exact) mass is 414 g/mol. The highest BCUT2D eigenvalue weighted by Crippen LogP contribution is 2.33. The first-order chi connectivity index (χ1) is 13.9. The third-order valence-corrected chi connectivity index (χ3v) is 7.02. The molecule has 1 N–H and O–H groups in total. The second-order valence-corrected chi connectivity index (χ2v) is 9.17. The van der Waals surface area contributed by atoms with Gasteiger partial charge in [0.2, 0.25) is 16.9 Å². The third-order valence-electron chi connectivity index (χ3n) is 5.78. The van der Waals surface area contributed by atoms with Crippen LogP contribution < -0.4 is 4.90 Å². The molecule has 1 aromatic heterocycles. The summed E-state index contributed by atoms with van der Waals surface area (Å²) in [6.45, 7) is 5.84. The van der Waals surface area contributed by atoms with Crippen LogP contribution in [0, 0.1) is 5.92 Å². The number of piperidine rings is 1. The number of hydrogen-bond donors (Lipinski definition) is 1. The number of amides is 2. The van der Waals surface area contributed by atoms with E-state index < -0.39 is 0 Å². The van der Waals surface area contributed by atoms with Crippen molar-refractivity contribution in [2.45, 2.75) is 44.9 Å². The molecule has 0 saturated carbocycles. The number of aromatic hydroxyl groups is 1. The van der Waals surface area contributed by atoms with Gasteiger partial charge in [-0.2, -0.15) is 0 Å². The Kier molecular flexibility index (Phi) is 5.54. The van der Waals surface area contributed by atoms with Gasteiger partial charge in [-0.1, -0.05) is 37.3 Å². The molecule has 0 radical (unpaired) electrons. The normalized spacial score (nSPS) is 20.7. The molecule has 4 rings (SSSR count). The Morgan fingerprint density at radius 2 is 2.00 bits per heavy atom. The molecule has 1 atom stereocenters. The van der Waals surface area contributed by atoms with Crippen LogP contribution >= 0.6 is 11.3 Å². The van der Waals surface area contributed by atoms with Crippen LogP contribution in [0.25, 0.3) is 0 Å². The Morgan fingerprint density at radius 1 is 1.24 bits per heavy atom. The lowest BCUT2D eigenvalue weighted by molar-refractivity contribution is -0.136. The maximum Gasteiger partial charge on any atom is 0.229 e. The average molecular weight is 415 g/mol. The summed E-state index contributed by atoms with van der Waals surface area (Å²) >= 11 is 1.43. The van der Waals surface area contributed by atoms with Crippen LogP contribution in [0.2, 0.25) is 0 Å². The molecule has 2 aliphatic heterocycles. The van der Waals surface area contributed by atoms with E-state index >= 15 is 0 Å². The number of carbonyl (C=O) groups is 2. The van der Waals surface area contributed by atoms with Gasteiger partial charge in [-0.15, -0.1) is 10.2 Å². The van der Waals surface area contributed by atoms with Gasteiger partial charge in [0.05, 0.1) is 5.92 Å². The summed E-state index contributed by atoms with van der Waals surface area (Å²) < 4.78 is 0. The third kappa shape index (κ3) is 4.12. The first-order valence-corrected chi connectivity index (χ1v) is 11.0. The highest BCUT2D eigenvalue weighted by Gasteiger charge is 2.39. The van der Waals surface area contributed by atoms with Crippen LogP contribution in [-0.2, 0) is 9.59 Å². The molecule has 0 bridgehead atoms. The summed E-state index contributed by atoms with van der Waals surface area (Å²) in [7, 11) is 0. The van der Waals surface area contributed by atoms with E-state index in [0.29, 0.717) is 30.7 Å². The molecular weight excluding hydrogens is 388 g/mol. The Bertz CT molecular complexity index is 905. The van der Waals surface area contributed by atoms with Crippen LogP contribution in [0.3, 0.4) is 0 Å². The first-order valence-electron chi connectivity index (χ1n) is 10.1. The van der Waals surface area contributed by atoms with E-state index in [4.69, 9.17) is 0 Å². The smallest absolute Gasteiger partial charge is 0.229 e. The highest BCUT2D eigenvalue weighted by atomic mass is 32.1. The number of phenols is 1. The van der Waals surface area contributed by atoms with E-state index in [2.05, 4.69) is 10.2 Å². The van der Waals surface area contributed by atoms with Crippen molar-refractivity contribution < 1.29 is 14.7 Å². The molecule has 2 amide bonds. The number of benzene rings is 1. The fraction of sp³-hybridized carbons (Fsp3) is 0.524. The van der Waals surface area contributed by atoms with Gasteiger partial charge in [-0.3, -0.25) is 14.5 Å². The minimum atomic E-state index is -0.314. The number of phenolic OH excluding ortho intramolecular Hbond substituents is 1. The molecule has 29 heavy (non-hydrogen) atoms.